The number of phosphoric acid groups is 3. The van der Waals surface area contributed by atoms with Crippen molar-refractivity contribution in [3.05, 3.63) is 18.3 Å². The van der Waals surface area contributed by atoms with Crippen molar-refractivity contribution >= 4 is 34.6 Å². The van der Waals surface area contributed by atoms with E-state index in [9.17, 15) is 18.6 Å². The molecule has 2 unspecified atom stereocenters. The largest absolute Gasteiger partial charge is 0.490 e. The molecule has 0 radical (unpaired) electrons. The maximum atomic E-state index is 11.8. The molecular formula is C12H19N4O11P3. The van der Waals surface area contributed by atoms with Crippen LogP contribution < -0.4 is 0 Å². The van der Waals surface area contributed by atoms with Gasteiger partial charge < -0.3 is 28.9 Å². The zero-order chi connectivity index (χ0) is 22.2. The summed E-state index contributed by atoms with van der Waals surface area (Å²) in [6, 6.07) is 0. The number of hydrogen-bond donors (Lipinski definition) is 4. The molecule has 1 fully saturated rings. The van der Waals surface area contributed by atoms with Crippen molar-refractivity contribution in [2.75, 3.05) is 6.61 Å². The second kappa shape index (κ2) is 8.81. The molecule has 0 aromatic carbocycles. The standard InChI is InChI=1S/C12H19N4O11P3/c1-8-11-12(14-6-13-8)16(7-15-11)4-9-2-3-10(25-9)5-24-29(20,21)27-30(22,23)26-28(17,18)19/h6-7,9-10H,2-5H2,1H3,(H,20,21)(H,22,23)(H2,17,18,19)/t9-,10+/m1/s1. The number of rotatable bonds is 9. The van der Waals surface area contributed by atoms with Crippen LogP contribution in [0.4, 0.5) is 0 Å². The molecule has 0 amide bonds. The van der Waals surface area contributed by atoms with Gasteiger partial charge in [0.15, 0.2) is 5.65 Å². The smallest absolute Gasteiger partial charge is 0.371 e. The van der Waals surface area contributed by atoms with E-state index in [-0.39, 0.29) is 6.10 Å². The summed E-state index contributed by atoms with van der Waals surface area (Å²) in [6.07, 6.45) is 3.19. The van der Waals surface area contributed by atoms with Crippen LogP contribution in [0.2, 0.25) is 0 Å². The van der Waals surface area contributed by atoms with E-state index in [4.69, 9.17) is 19.4 Å². The quantitative estimate of drug-likeness (QED) is 0.363. The molecule has 2 aromatic heterocycles. The van der Waals surface area contributed by atoms with Crippen molar-refractivity contribution in [2.24, 2.45) is 0 Å². The first kappa shape index (κ1) is 23.6. The molecule has 3 rings (SSSR count). The molecular weight excluding hydrogens is 469 g/mol. The highest BCUT2D eigenvalue weighted by atomic mass is 31.3. The molecule has 0 saturated carbocycles. The molecule has 0 bridgehead atoms. The average molecular weight is 488 g/mol. The van der Waals surface area contributed by atoms with Gasteiger partial charge in [-0.1, -0.05) is 0 Å². The minimum atomic E-state index is -5.54. The summed E-state index contributed by atoms with van der Waals surface area (Å²) in [4.78, 5) is 48.1. The zero-order valence-electron chi connectivity index (χ0n) is 15.4. The molecule has 3 heterocycles. The monoisotopic (exact) mass is 488 g/mol. The summed E-state index contributed by atoms with van der Waals surface area (Å²) < 4.78 is 53.1. The molecule has 15 nitrogen and oxygen atoms in total. The van der Waals surface area contributed by atoms with Crippen molar-refractivity contribution in [2.45, 2.75) is 38.5 Å². The molecule has 0 spiro atoms. The first-order valence-corrected chi connectivity index (χ1v) is 12.9. The minimum absolute atomic E-state index is 0.271. The van der Waals surface area contributed by atoms with Gasteiger partial charge in [-0.3, -0.25) is 4.52 Å². The molecule has 4 N–H and O–H groups in total. The van der Waals surface area contributed by atoms with E-state index in [0.29, 0.717) is 30.6 Å². The third kappa shape index (κ3) is 6.46. The highest BCUT2D eigenvalue weighted by Crippen LogP contribution is 2.66. The van der Waals surface area contributed by atoms with Crippen LogP contribution in [0.5, 0.6) is 0 Å². The van der Waals surface area contributed by atoms with Crippen LogP contribution in [-0.2, 0) is 38.1 Å². The summed E-state index contributed by atoms with van der Waals surface area (Å²) in [7, 11) is -16.1. The van der Waals surface area contributed by atoms with E-state index in [1.165, 1.54) is 6.33 Å². The highest BCUT2D eigenvalue weighted by molar-refractivity contribution is 7.66. The summed E-state index contributed by atoms with van der Waals surface area (Å²) in [5, 5.41) is 0. The minimum Gasteiger partial charge on any atom is -0.371 e. The Hall–Kier alpha value is -1.08. The van der Waals surface area contributed by atoms with Crippen molar-refractivity contribution < 1.29 is 51.2 Å². The predicted molar refractivity (Wildman–Crippen MR) is 97.8 cm³/mol. The number of nitrogens with zero attached hydrogens (tertiary/aromatic N) is 4. The summed E-state index contributed by atoms with van der Waals surface area (Å²) in [6.45, 7) is 1.76. The SMILES string of the molecule is Cc1ncnc2c1ncn2C[C@H]1CC[C@@H](COP(=O)(O)OP(=O)(O)OP(=O)(O)O)O1. The first-order valence-electron chi connectivity index (χ1n) is 8.40. The van der Waals surface area contributed by atoms with Crippen LogP contribution in [0.25, 0.3) is 11.2 Å². The third-order valence-corrected chi connectivity index (χ3v) is 7.82. The number of fused-ring (bicyclic) bond motifs is 1. The normalized spacial score (nSPS) is 24.0. The molecule has 1 aliphatic rings. The van der Waals surface area contributed by atoms with Crippen LogP contribution in [0.1, 0.15) is 18.5 Å². The van der Waals surface area contributed by atoms with Gasteiger partial charge in [-0.25, -0.2) is 28.6 Å². The Morgan fingerprint density at radius 1 is 1.07 bits per heavy atom. The van der Waals surface area contributed by atoms with Crippen molar-refractivity contribution in [3.63, 3.8) is 0 Å². The Kier molecular flexibility index (Phi) is 6.93. The number of phosphoric ester groups is 1. The summed E-state index contributed by atoms with van der Waals surface area (Å²) in [5.74, 6) is 0. The van der Waals surface area contributed by atoms with Gasteiger partial charge in [0.2, 0.25) is 0 Å². The first-order chi connectivity index (χ1) is 13.8. The lowest BCUT2D eigenvalue weighted by Gasteiger charge is -2.18. The van der Waals surface area contributed by atoms with Gasteiger partial charge in [0.05, 0.1) is 37.4 Å². The van der Waals surface area contributed by atoms with Gasteiger partial charge in [-0.2, -0.15) is 8.62 Å². The summed E-state index contributed by atoms with van der Waals surface area (Å²) >= 11 is 0. The fraction of sp³-hybridized carbons (Fsp3) is 0.583. The molecule has 1 saturated heterocycles. The van der Waals surface area contributed by atoms with E-state index in [1.54, 1.807) is 10.9 Å². The predicted octanol–water partition coefficient (Wildman–Crippen LogP) is 1.03. The molecule has 18 heteroatoms. The van der Waals surface area contributed by atoms with Gasteiger partial charge in [0, 0.05) is 0 Å². The lowest BCUT2D eigenvalue weighted by Crippen LogP contribution is -2.20. The Balaban J connectivity index is 1.52. The Bertz CT molecular complexity index is 1060. The van der Waals surface area contributed by atoms with Crippen LogP contribution in [0.3, 0.4) is 0 Å². The Morgan fingerprint density at radius 3 is 2.47 bits per heavy atom. The number of aromatic nitrogens is 4. The molecule has 1 aliphatic heterocycles. The van der Waals surface area contributed by atoms with Crippen LogP contribution >= 0.6 is 23.5 Å². The second-order valence-corrected chi connectivity index (χ2v) is 10.8. The van der Waals surface area contributed by atoms with Gasteiger partial charge in [0.25, 0.3) is 0 Å². The van der Waals surface area contributed by atoms with E-state index >= 15 is 0 Å². The molecule has 168 valence electrons. The van der Waals surface area contributed by atoms with E-state index in [1.807, 2.05) is 6.92 Å². The van der Waals surface area contributed by atoms with Gasteiger partial charge >= 0.3 is 23.5 Å². The second-order valence-electron chi connectivity index (χ2n) is 6.37. The van der Waals surface area contributed by atoms with Crippen LogP contribution in [0.15, 0.2) is 12.7 Å². The molecule has 0 aliphatic carbocycles. The number of aryl methyl sites for hydroxylation is 1. The summed E-state index contributed by atoms with van der Waals surface area (Å²) in [5.41, 5.74) is 2.04. The van der Waals surface area contributed by atoms with Crippen LogP contribution in [-0.4, -0.2) is 57.9 Å². The van der Waals surface area contributed by atoms with E-state index < -0.39 is 36.2 Å². The van der Waals surface area contributed by atoms with Crippen molar-refractivity contribution in [1.29, 1.82) is 0 Å². The van der Waals surface area contributed by atoms with E-state index in [0.717, 1.165) is 5.69 Å². The number of hydrogen-bond acceptors (Lipinski definition) is 10. The van der Waals surface area contributed by atoms with Gasteiger partial charge in [-0.05, 0) is 19.8 Å². The Morgan fingerprint density at radius 2 is 1.77 bits per heavy atom. The lowest BCUT2D eigenvalue weighted by molar-refractivity contribution is 0.00471. The molecule has 30 heavy (non-hydrogen) atoms. The fourth-order valence-electron chi connectivity index (χ4n) is 2.87. The maximum absolute atomic E-state index is 11.8. The average Bonchev–Trinajstić information content (AvgIpc) is 3.18. The van der Waals surface area contributed by atoms with Crippen LogP contribution in [0, 0.1) is 6.92 Å². The van der Waals surface area contributed by atoms with Crippen molar-refractivity contribution in [1.82, 2.24) is 19.5 Å². The topological polar surface area (TPSA) is 213 Å². The van der Waals surface area contributed by atoms with Crippen molar-refractivity contribution in [3.8, 4) is 0 Å². The van der Waals surface area contributed by atoms with E-state index in [2.05, 4.69) is 28.1 Å². The van der Waals surface area contributed by atoms with Gasteiger partial charge in [-0.15, -0.1) is 0 Å². The fourth-order valence-corrected chi connectivity index (χ4v) is 5.92. The number of imidazole rings is 1. The molecule has 4 atom stereocenters. The number of ether oxygens (including phenoxy) is 1. The van der Waals surface area contributed by atoms with Gasteiger partial charge in [0.1, 0.15) is 11.8 Å². The molecule has 2 aromatic rings. The zero-order valence-corrected chi connectivity index (χ0v) is 18.1. The maximum Gasteiger partial charge on any atom is 0.490 e. The lowest BCUT2D eigenvalue weighted by atomic mass is 10.2. The Labute approximate surface area is 169 Å². The third-order valence-electron chi connectivity index (χ3n) is 4.02. The highest BCUT2D eigenvalue weighted by Gasteiger charge is 2.41.